The number of benzene rings is 2. The maximum absolute atomic E-state index is 10.6. The van der Waals surface area contributed by atoms with Crippen LogP contribution in [0.25, 0.3) is 6.08 Å². The Bertz CT molecular complexity index is 662. The minimum atomic E-state index is -1.02. The summed E-state index contributed by atoms with van der Waals surface area (Å²) in [6.07, 6.45) is 2.54. The molecule has 0 atom stereocenters. The molecule has 2 rings (SSSR count). The molecule has 0 aliphatic carbocycles. The average Bonchev–Trinajstić information content (AvgIpc) is 2.47. The highest BCUT2D eigenvalue weighted by atomic mass is 79.9. The number of carboxylic acids is 1. The van der Waals surface area contributed by atoms with Crippen molar-refractivity contribution in [1.29, 1.82) is 0 Å². The van der Waals surface area contributed by atoms with E-state index >= 15 is 0 Å². The second kappa shape index (κ2) is 7.06. The van der Waals surface area contributed by atoms with Gasteiger partial charge in [0.25, 0.3) is 0 Å². The first kappa shape index (κ1) is 15.3. The first-order valence-electron chi connectivity index (χ1n) is 6.16. The number of ether oxygens (including phenoxy) is 1. The third kappa shape index (κ3) is 4.44. The Hall–Kier alpha value is -2.11. The summed E-state index contributed by atoms with van der Waals surface area (Å²) >= 11 is 3.36. The van der Waals surface area contributed by atoms with E-state index in [-0.39, 0.29) is 6.61 Å². The molecule has 0 saturated carbocycles. The van der Waals surface area contributed by atoms with Crippen molar-refractivity contribution in [3.05, 3.63) is 64.1 Å². The summed E-state index contributed by atoms with van der Waals surface area (Å²) in [6, 6.07) is 12.4. The molecular formula is C16H13BrO4. The van der Waals surface area contributed by atoms with Crippen LogP contribution < -0.4 is 4.74 Å². The third-order valence-electron chi connectivity index (χ3n) is 2.71. The molecule has 4 nitrogen and oxygen atoms in total. The molecule has 5 heteroatoms. The first-order chi connectivity index (χ1) is 10.1. The summed E-state index contributed by atoms with van der Waals surface area (Å²) in [5.74, 6) is 0.130. The molecule has 0 aliphatic heterocycles. The molecule has 0 saturated heterocycles. The highest BCUT2D eigenvalue weighted by Crippen LogP contribution is 2.29. The Morgan fingerprint density at radius 2 is 1.90 bits per heavy atom. The van der Waals surface area contributed by atoms with Gasteiger partial charge in [-0.2, -0.15) is 0 Å². The van der Waals surface area contributed by atoms with Crippen LogP contribution in [-0.4, -0.2) is 16.2 Å². The minimum Gasteiger partial charge on any atom is -0.478 e. The zero-order valence-corrected chi connectivity index (χ0v) is 12.6. The standard InChI is InChI=1S/C16H13BrO4/c17-13-5-3-12(4-8-16(19)20)15(9-13)21-14-6-1-11(10-18)2-7-14/h1-9,18H,10H2,(H,19,20). The van der Waals surface area contributed by atoms with Gasteiger partial charge in [-0.3, -0.25) is 0 Å². The number of aliphatic carboxylic acids is 1. The fourth-order valence-corrected chi connectivity index (χ4v) is 2.03. The second-order valence-corrected chi connectivity index (χ2v) is 5.17. The van der Waals surface area contributed by atoms with Gasteiger partial charge in [0.15, 0.2) is 0 Å². The maximum Gasteiger partial charge on any atom is 0.328 e. The van der Waals surface area contributed by atoms with Crippen LogP contribution in [0.3, 0.4) is 0 Å². The SMILES string of the molecule is O=C(O)C=Cc1ccc(Br)cc1Oc1ccc(CO)cc1. The lowest BCUT2D eigenvalue weighted by Gasteiger charge is -2.10. The summed E-state index contributed by atoms with van der Waals surface area (Å²) in [4.78, 5) is 10.6. The molecule has 0 unspecified atom stereocenters. The predicted octanol–water partition coefficient (Wildman–Crippen LogP) is 3.83. The smallest absolute Gasteiger partial charge is 0.328 e. The van der Waals surface area contributed by atoms with Crippen molar-refractivity contribution < 1.29 is 19.7 Å². The number of hydrogen-bond acceptors (Lipinski definition) is 3. The van der Waals surface area contributed by atoms with E-state index in [9.17, 15) is 4.79 Å². The van der Waals surface area contributed by atoms with Crippen molar-refractivity contribution in [1.82, 2.24) is 0 Å². The Labute approximate surface area is 130 Å². The van der Waals surface area contributed by atoms with E-state index in [1.165, 1.54) is 6.08 Å². The van der Waals surface area contributed by atoms with Gasteiger partial charge in [-0.25, -0.2) is 4.79 Å². The van der Waals surface area contributed by atoms with E-state index in [2.05, 4.69) is 15.9 Å². The zero-order chi connectivity index (χ0) is 15.2. The fourth-order valence-electron chi connectivity index (χ4n) is 1.69. The van der Waals surface area contributed by atoms with Gasteiger partial charge in [-0.1, -0.05) is 34.1 Å². The number of aliphatic hydroxyl groups is 1. The van der Waals surface area contributed by atoms with Gasteiger partial charge in [0.1, 0.15) is 11.5 Å². The van der Waals surface area contributed by atoms with Crippen LogP contribution in [0.1, 0.15) is 11.1 Å². The van der Waals surface area contributed by atoms with Crippen molar-refractivity contribution in [2.75, 3.05) is 0 Å². The van der Waals surface area contributed by atoms with E-state index in [4.69, 9.17) is 14.9 Å². The van der Waals surface area contributed by atoms with Crippen molar-refractivity contribution in [3.63, 3.8) is 0 Å². The van der Waals surface area contributed by atoms with E-state index in [0.29, 0.717) is 17.1 Å². The van der Waals surface area contributed by atoms with E-state index < -0.39 is 5.97 Å². The van der Waals surface area contributed by atoms with Gasteiger partial charge in [0.05, 0.1) is 6.61 Å². The summed E-state index contributed by atoms with van der Waals surface area (Å²) in [6.45, 7) is -0.0240. The summed E-state index contributed by atoms with van der Waals surface area (Å²) in [5, 5.41) is 17.7. The second-order valence-electron chi connectivity index (χ2n) is 4.26. The Morgan fingerprint density at radius 1 is 1.19 bits per heavy atom. The van der Waals surface area contributed by atoms with Gasteiger partial charge in [0, 0.05) is 16.1 Å². The number of carboxylic acid groups (broad SMARTS) is 1. The van der Waals surface area contributed by atoms with Crippen molar-refractivity contribution in [2.24, 2.45) is 0 Å². The number of carbonyl (C=O) groups is 1. The van der Waals surface area contributed by atoms with Crippen molar-refractivity contribution in [3.8, 4) is 11.5 Å². The maximum atomic E-state index is 10.6. The fraction of sp³-hybridized carbons (Fsp3) is 0.0625. The topological polar surface area (TPSA) is 66.8 Å². The molecule has 21 heavy (non-hydrogen) atoms. The molecule has 2 aromatic carbocycles. The molecule has 0 radical (unpaired) electrons. The van der Waals surface area contributed by atoms with E-state index in [0.717, 1.165) is 16.1 Å². The largest absolute Gasteiger partial charge is 0.478 e. The average molecular weight is 349 g/mol. The number of aliphatic hydroxyl groups excluding tert-OH is 1. The molecular weight excluding hydrogens is 336 g/mol. The van der Waals surface area contributed by atoms with Crippen LogP contribution in [-0.2, 0) is 11.4 Å². The quantitative estimate of drug-likeness (QED) is 0.805. The first-order valence-corrected chi connectivity index (χ1v) is 6.96. The van der Waals surface area contributed by atoms with Crippen molar-refractivity contribution >= 4 is 28.0 Å². The van der Waals surface area contributed by atoms with Gasteiger partial charge in [-0.15, -0.1) is 0 Å². The minimum absolute atomic E-state index is 0.0240. The number of halogens is 1. The van der Waals surface area contributed by atoms with Crippen LogP contribution in [0, 0.1) is 0 Å². The molecule has 0 aromatic heterocycles. The highest BCUT2D eigenvalue weighted by molar-refractivity contribution is 9.10. The molecule has 0 heterocycles. The molecule has 2 aromatic rings. The van der Waals surface area contributed by atoms with Crippen LogP contribution in [0.5, 0.6) is 11.5 Å². The van der Waals surface area contributed by atoms with Crippen LogP contribution in [0.15, 0.2) is 53.0 Å². The van der Waals surface area contributed by atoms with Crippen LogP contribution in [0.4, 0.5) is 0 Å². The molecule has 2 N–H and O–H groups in total. The van der Waals surface area contributed by atoms with Gasteiger partial charge >= 0.3 is 5.97 Å². The molecule has 0 bridgehead atoms. The molecule has 0 fully saturated rings. The molecule has 108 valence electrons. The third-order valence-corrected chi connectivity index (χ3v) is 3.21. The number of rotatable bonds is 5. The van der Waals surface area contributed by atoms with E-state index in [1.54, 1.807) is 36.4 Å². The molecule has 0 aliphatic rings. The number of hydrogen-bond donors (Lipinski definition) is 2. The molecule has 0 spiro atoms. The lowest BCUT2D eigenvalue weighted by Crippen LogP contribution is -1.90. The van der Waals surface area contributed by atoms with Crippen LogP contribution >= 0.6 is 15.9 Å². The van der Waals surface area contributed by atoms with Gasteiger partial charge in [-0.05, 0) is 35.9 Å². The van der Waals surface area contributed by atoms with Crippen molar-refractivity contribution in [2.45, 2.75) is 6.61 Å². The summed E-state index contributed by atoms with van der Waals surface area (Å²) < 4.78 is 6.60. The van der Waals surface area contributed by atoms with E-state index in [1.807, 2.05) is 6.07 Å². The Balaban J connectivity index is 2.28. The lowest BCUT2D eigenvalue weighted by atomic mass is 10.2. The highest BCUT2D eigenvalue weighted by Gasteiger charge is 2.05. The monoisotopic (exact) mass is 348 g/mol. The van der Waals surface area contributed by atoms with Crippen LogP contribution in [0.2, 0.25) is 0 Å². The van der Waals surface area contributed by atoms with Gasteiger partial charge in [0.2, 0.25) is 0 Å². The Kier molecular flexibility index (Phi) is 5.14. The lowest BCUT2D eigenvalue weighted by molar-refractivity contribution is -0.131. The summed E-state index contributed by atoms with van der Waals surface area (Å²) in [7, 11) is 0. The zero-order valence-electron chi connectivity index (χ0n) is 11.0. The summed E-state index contributed by atoms with van der Waals surface area (Å²) in [5.41, 5.74) is 1.45. The normalized spacial score (nSPS) is 10.8. The Morgan fingerprint density at radius 3 is 2.52 bits per heavy atom. The van der Waals surface area contributed by atoms with Gasteiger partial charge < -0.3 is 14.9 Å². The predicted molar refractivity (Wildman–Crippen MR) is 83.3 cm³/mol. The molecule has 0 amide bonds.